The maximum absolute atomic E-state index is 13.8. The van der Waals surface area contributed by atoms with E-state index in [1.165, 1.54) is 18.5 Å². The molecule has 0 aliphatic heterocycles. The Labute approximate surface area is 158 Å². The van der Waals surface area contributed by atoms with Crippen LogP contribution in [0.5, 0.6) is 0 Å². The number of halogens is 1. The molecule has 0 radical (unpaired) electrons. The van der Waals surface area contributed by atoms with Crippen LogP contribution >= 0.6 is 0 Å². The number of rotatable bonds is 4. The van der Waals surface area contributed by atoms with Crippen LogP contribution in [0.1, 0.15) is 5.56 Å². The van der Waals surface area contributed by atoms with Crippen molar-refractivity contribution >= 4 is 27.9 Å². The predicted octanol–water partition coefficient (Wildman–Crippen LogP) is 3.71. The fourth-order valence-corrected chi connectivity index (χ4v) is 3.15. The molecule has 0 saturated carbocycles. The van der Waals surface area contributed by atoms with Gasteiger partial charge in [0.1, 0.15) is 17.7 Å². The number of pyridine rings is 2. The molecule has 4 heterocycles. The normalized spacial score (nSPS) is 11.2. The third kappa shape index (κ3) is 2.90. The fourth-order valence-electron chi connectivity index (χ4n) is 3.15. The van der Waals surface area contributed by atoms with Gasteiger partial charge in [0.25, 0.3) is 0 Å². The summed E-state index contributed by atoms with van der Waals surface area (Å²) < 4.78 is 13.8. The summed E-state index contributed by atoms with van der Waals surface area (Å²) >= 11 is 0. The summed E-state index contributed by atoms with van der Waals surface area (Å²) in [6, 6.07) is 10.3. The lowest BCUT2D eigenvalue weighted by molar-refractivity contribution is 0.628. The molecule has 0 bridgehead atoms. The van der Waals surface area contributed by atoms with Gasteiger partial charge >= 0.3 is 0 Å². The molecule has 0 atom stereocenters. The van der Waals surface area contributed by atoms with E-state index in [4.69, 9.17) is 4.98 Å². The van der Waals surface area contributed by atoms with Gasteiger partial charge in [-0.15, -0.1) is 0 Å². The molecule has 5 rings (SSSR count). The Bertz CT molecular complexity index is 1300. The predicted molar refractivity (Wildman–Crippen MR) is 104 cm³/mol. The van der Waals surface area contributed by atoms with Crippen LogP contribution in [0.2, 0.25) is 0 Å². The van der Waals surface area contributed by atoms with Gasteiger partial charge in [-0.2, -0.15) is 0 Å². The van der Waals surface area contributed by atoms with Crippen LogP contribution < -0.4 is 5.32 Å². The summed E-state index contributed by atoms with van der Waals surface area (Å²) in [5.41, 5.74) is 4.43. The second-order valence-electron chi connectivity index (χ2n) is 6.25. The average molecular weight is 371 g/mol. The van der Waals surface area contributed by atoms with E-state index in [2.05, 4.69) is 30.2 Å². The van der Waals surface area contributed by atoms with E-state index in [0.717, 1.165) is 16.5 Å². The minimum atomic E-state index is -0.304. The number of fused-ring (bicyclic) bond motifs is 2. The number of nitrogens with zero attached hydrogens (tertiary/aromatic N) is 5. The fraction of sp³-hybridized carbons (Fsp3) is 0.0500. The summed E-state index contributed by atoms with van der Waals surface area (Å²) in [4.78, 5) is 24.6. The molecule has 1 aromatic carbocycles. The van der Waals surface area contributed by atoms with Crippen molar-refractivity contribution in [3.63, 3.8) is 0 Å². The number of imidazole rings is 1. The standard InChI is InChI=1S/C20H14FN7/c21-15-3-1-2-12(7-15)17-14(6-13-8-22-5-4-16(13)28-17)9-23-19-18-20(25-10-24-18)27-11-26-19/h1-8,10-11H,9H2,(H2,23,24,25,26,27). The van der Waals surface area contributed by atoms with E-state index in [1.54, 1.807) is 24.8 Å². The summed E-state index contributed by atoms with van der Waals surface area (Å²) in [5, 5.41) is 4.20. The van der Waals surface area contributed by atoms with Crippen molar-refractivity contribution in [1.29, 1.82) is 0 Å². The first kappa shape index (κ1) is 16.2. The topological polar surface area (TPSA) is 92.3 Å². The van der Waals surface area contributed by atoms with Crippen molar-refractivity contribution in [2.45, 2.75) is 6.54 Å². The van der Waals surface area contributed by atoms with Gasteiger partial charge in [-0.25, -0.2) is 24.3 Å². The van der Waals surface area contributed by atoms with Crippen LogP contribution in [0, 0.1) is 5.82 Å². The van der Waals surface area contributed by atoms with Gasteiger partial charge in [-0.05, 0) is 29.8 Å². The zero-order valence-corrected chi connectivity index (χ0v) is 14.6. The highest BCUT2D eigenvalue weighted by Crippen LogP contribution is 2.27. The molecule has 4 aromatic heterocycles. The van der Waals surface area contributed by atoms with Crippen molar-refractivity contribution < 1.29 is 4.39 Å². The lowest BCUT2D eigenvalue weighted by Crippen LogP contribution is -2.05. The molecule has 8 heteroatoms. The first-order valence-corrected chi connectivity index (χ1v) is 8.65. The number of nitrogens with one attached hydrogen (secondary N) is 2. The molecule has 0 amide bonds. The Kier molecular flexibility index (Phi) is 3.86. The molecule has 5 aromatic rings. The van der Waals surface area contributed by atoms with Gasteiger partial charge in [0, 0.05) is 29.9 Å². The van der Waals surface area contributed by atoms with Gasteiger partial charge in [-0.1, -0.05) is 12.1 Å². The molecule has 7 nitrogen and oxygen atoms in total. The van der Waals surface area contributed by atoms with Gasteiger partial charge in [0.15, 0.2) is 11.5 Å². The Morgan fingerprint density at radius 1 is 1.07 bits per heavy atom. The molecule has 0 spiro atoms. The number of anilines is 1. The second kappa shape index (κ2) is 6.66. The van der Waals surface area contributed by atoms with E-state index in [1.807, 2.05) is 18.2 Å². The zero-order valence-electron chi connectivity index (χ0n) is 14.6. The maximum atomic E-state index is 13.8. The highest BCUT2D eigenvalue weighted by atomic mass is 19.1. The van der Waals surface area contributed by atoms with Crippen LogP contribution in [-0.4, -0.2) is 29.9 Å². The summed E-state index contributed by atoms with van der Waals surface area (Å²) in [6.07, 6.45) is 6.50. The molecule has 28 heavy (non-hydrogen) atoms. The third-order valence-electron chi connectivity index (χ3n) is 4.46. The van der Waals surface area contributed by atoms with Crippen molar-refractivity contribution in [2.75, 3.05) is 5.32 Å². The minimum Gasteiger partial charge on any atom is -0.364 e. The minimum absolute atomic E-state index is 0.304. The van der Waals surface area contributed by atoms with Crippen LogP contribution in [0.15, 0.2) is 61.4 Å². The molecule has 0 aliphatic rings. The molecular weight excluding hydrogens is 357 g/mol. The van der Waals surface area contributed by atoms with E-state index < -0.39 is 0 Å². The molecule has 0 saturated heterocycles. The van der Waals surface area contributed by atoms with Crippen LogP contribution in [-0.2, 0) is 6.54 Å². The lowest BCUT2D eigenvalue weighted by Gasteiger charge is -2.12. The van der Waals surface area contributed by atoms with Crippen molar-refractivity contribution in [1.82, 2.24) is 29.9 Å². The van der Waals surface area contributed by atoms with Gasteiger partial charge < -0.3 is 10.3 Å². The van der Waals surface area contributed by atoms with Crippen LogP contribution in [0.4, 0.5) is 10.2 Å². The Balaban J connectivity index is 1.59. The lowest BCUT2D eigenvalue weighted by atomic mass is 10.0. The van der Waals surface area contributed by atoms with E-state index in [-0.39, 0.29) is 5.82 Å². The third-order valence-corrected chi connectivity index (χ3v) is 4.46. The van der Waals surface area contributed by atoms with Crippen LogP contribution in [0.3, 0.4) is 0 Å². The molecule has 2 N–H and O–H groups in total. The number of benzene rings is 1. The molecule has 0 aliphatic carbocycles. The average Bonchev–Trinajstić information content (AvgIpc) is 3.21. The van der Waals surface area contributed by atoms with E-state index >= 15 is 0 Å². The highest BCUT2D eigenvalue weighted by Gasteiger charge is 2.12. The number of hydrogen-bond acceptors (Lipinski definition) is 6. The largest absolute Gasteiger partial charge is 0.364 e. The first-order valence-electron chi connectivity index (χ1n) is 8.65. The van der Waals surface area contributed by atoms with Crippen molar-refractivity contribution in [3.8, 4) is 11.3 Å². The summed E-state index contributed by atoms with van der Waals surface area (Å²) in [5.74, 6) is 0.310. The molecular formula is C20H14FN7. The number of H-pyrrole nitrogens is 1. The van der Waals surface area contributed by atoms with Crippen LogP contribution in [0.25, 0.3) is 33.3 Å². The Hall–Kier alpha value is -3.94. The van der Waals surface area contributed by atoms with Gasteiger partial charge in [-0.3, -0.25) is 4.98 Å². The Morgan fingerprint density at radius 3 is 2.96 bits per heavy atom. The monoisotopic (exact) mass is 371 g/mol. The Morgan fingerprint density at radius 2 is 2.04 bits per heavy atom. The zero-order chi connectivity index (χ0) is 18.9. The smallest absolute Gasteiger partial charge is 0.162 e. The number of hydrogen-bond donors (Lipinski definition) is 2. The first-order chi connectivity index (χ1) is 13.8. The summed E-state index contributed by atoms with van der Waals surface area (Å²) in [6.45, 7) is 0.433. The van der Waals surface area contributed by atoms with Gasteiger partial charge in [0.2, 0.25) is 0 Å². The van der Waals surface area contributed by atoms with Gasteiger partial charge in [0.05, 0.1) is 17.5 Å². The molecule has 136 valence electrons. The highest BCUT2D eigenvalue weighted by molar-refractivity contribution is 5.84. The number of aromatic nitrogens is 6. The van der Waals surface area contributed by atoms with Crippen molar-refractivity contribution in [2.24, 2.45) is 0 Å². The maximum Gasteiger partial charge on any atom is 0.162 e. The SMILES string of the molecule is Fc1cccc(-c2nc3ccncc3cc2CNc2ncnc3[nH]cnc23)c1. The molecule has 0 fully saturated rings. The number of aromatic amines is 1. The van der Waals surface area contributed by atoms with E-state index in [9.17, 15) is 4.39 Å². The van der Waals surface area contributed by atoms with E-state index in [0.29, 0.717) is 34.8 Å². The summed E-state index contributed by atoms with van der Waals surface area (Å²) in [7, 11) is 0. The quantitative estimate of drug-likeness (QED) is 0.500. The second-order valence-corrected chi connectivity index (χ2v) is 6.25. The molecule has 0 unspecified atom stereocenters. The van der Waals surface area contributed by atoms with Crippen molar-refractivity contribution in [3.05, 3.63) is 72.8 Å².